The van der Waals surface area contributed by atoms with Crippen molar-refractivity contribution in [2.24, 2.45) is 5.73 Å². The second kappa shape index (κ2) is 6.43. The highest BCUT2D eigenvalue weighted by Crippen LogP contribution is 2.58. The molecule has 18 heavy (non-hydrogen) atoms. The molecule has 6 heteroatoms. The molecule has 1 aromatic rings. The average Bonchev–Trinajstić information content (AvgIpc) is 2.29. The van der Waals surface area contributed by atoms with Gasteiger partial charge in [-0.2, -0.15) is 0 Å². The minimum Gasteiger partial charge on any atom is -0.314 e. The van der Waals surface area contributed by atoms with Crippen LogP contribution in [0.15, 0.2) is 18.2 Å². The van der Waals surface area contributed by atoms with E-state index in [1.807, 2.05) is 0 Å². The summed E-state index contributed by atoms with van der Waals surface area (Å²) in [4.78, 5) is 0. The van der Waals surface area contributed by atoms with Crippen LogP contribution in [0.25, 0.3) is 0 Å². The third-order valence-electron chi connectivity index (χ3n) is 2.51. The summed E-state index contributed by atoms with van der Waals surface area (Å²) in [7, 11) is -3.42. The van der Waals surface area contributed by atoms with Crippen molar-refractivity contribution >= 4 is 7.60 Å². The lowest BCUT2D eigenvalue weighted by atomic mass is 10.1. The number of rotatable bonds is 6. The van der Waals surface area contributed by atoms with E-state index in [0.717, 1.165) is 0 Å². The van der Waals surface area contributed by atoms with Crippen molar-refractivity contribution in [1.82, 2.24) is 0 Å². The van der Waals surface area contributed by atoms with Gasteiger partial charge in [0.1, 0.15) is 11.6 Å². The van der Waals surface area contributed by atoms with Crippen LogP contribution in [0.3, 0.4) is 0 Å². The smallest absolute Gasteiger partial charge is 0.314 e. The van der Waals surface area contributed by atoms with Crippen LogP contribution >= 0.6 is 7.60 Å². The standard InChI is InChI=1S/C12H19FNO3P/c1-4-16-18(15,17-5-2)12(14)11-7-6-10(13)8-9(11)3/h6-8,12H,4-5,14H2,1-3H3/t12-/m1/s1. The van der Waals surface area contributed by atoms with Crippen LogP contribution in [0.5, 0.6) is 0 Å². The highest BCUT2D eigenvalue weighted by molar-refractivity contribution is 7.54. The fourth-order valence-corrected chi connectivity index (χ4v) is 3.44. The van der Waals surface area contributed by atoms with Crippen molar-refractivity contribution in [3.63, 3.8) is 0 Å². The van der Waals surface area contributed by atoms with E-state index in [1.165, 1.54) is 18.2 Å². The van der Waals surface area contributed by atoms with Crippen LogP contribution in [0, 0.1) is 12.7 Å². The van der Waals surface area contributed by atoms with Gasteiger partial charge in [0.05, 0.1) is 13.2 Å². The Kier molecular flexibility index (Phi) is 5.47. The summed E-state index contributed by atoms with van der Waals surface area (Å²) in [5, 5.41) is 0. The predicted molar refractivity (Wildman–Crippen MR) is 68.9 cm³/mol. The van der Waals surface area contributed by atoms with Crippen molar-refractivity contribution in [2.75, 3.05) is 13.2 Å². The van der Waals surface area contributed by atoms with E-state index in [1.54, 1.807) is 20.8 Å². The zero-order valence-electron chi connectivity index (χ0n) is 10.9. The second-order valence-corrected chi connectivity index (χ2v) is 5.97. The first-order valence-corrected chi connectivity index (χ1v) is 7.46. The summed E-state index contributed by atoms with van der Waals surface area (Å²) in [6.45, 7) is 5.63. The Hall–Kier alpha value is -0.740. The van der Waals surface area contributed by atoms with E-state index < -0.39 is 13.4 Å². The third-order valence-corrected chi connectivity index (χ3v) is 4.70. The molecule has 0 fully saturated rings. The van der Waals surface area contributed by atoms with Gasteiger partial charge in [0.25, 0.3) is 0 Å². The first-order valence-electron chi connectivity index (χ1n) is 5.85. The summed E-state index contributed by atoms with van der Waals surface area (Å²) in [6, 6.07) is 4.14. The van der Waals surface area contributed by atoms with Crippen molar-refractivity contribution in [3.8, 4) is 0 Å². The summed E-state index contributed by atoms with van der Waals surface area (Å²) >= 11 is 0. The lowest BCUT2D eigenvalue weighted by Crippen LogP contribution is -2.16. The number of hydrogen-bond acceptors (Lipinski definition) is 4. The highest BCUT2D eigenvalue weighted by atomic mass is 31.2. The lowest BCUT2D eigenvalue weighted by Gasteiger charge is -2.24. The molecule has 2 N–H and O–H groups in total. The van der Waals surface area contributed by atoms with E-state index in [2.05, 4.69) is 0 Å². The highest BCUT2D eigenvalue weighted by Gasteiger charge is 2.34. The van der Waals surface area contributed by atoms with E-state index >= 15 is 0 Å². The molecule has 0 aliphatic heterocycles. The third kappa shape index (κ3) is 3.39. The molecule has 0 bridgehead atoms. The van der Waals surface area contributed by atoms with E-state index in [0.29, 0.717) is 11.1 Å². The molecule has 0 amide bonds. The average molecular weight is 275 g/mol. The van der Waals surface area contributed by atoms with Gasteiger partial charge >= 0.3 is 7.60 Å². The summed E-state index contributed by atoms with van der Waals surface area (Å²) < 4.78 is 35.9. The van der Waals surface area contributed by atoms with Crippen LogP contribution in [0.4, 0.5) is 4.39 Å². The lowest BCUT2D eigenvalue weighted by molar-refractivity contribution is 0.212. The van der Waals surface area contributed by atoms with Crippen LogP contribution in [0.2, 0.25) is 0 Å². The maximum absolute atomic E-state index is 13.0. The molecule has 102 valence electrons. The molecular weight excluding hydrogens is 256 g/mol. The fourth-order valence-electron chi connectivity index (χ4n) is 1.70. The van der Waals surface area contributed by atoms with E-state index in [9.17, 15) is 8.96 Å². The van der Waals surface area contributed by atoms with Gasteiger partial charge in [-0.25, -0.2) is 4.39 Å². The van der Waals surface area contributed by atoms with Gasteiger partial charge in [-0.15, -0.1) is 0 Å². The Morgan fingerprint density at radius 2 is 1.89 bits per heavy atom. The van der Waals surface area contributed by atoms with E-state index in [-0.39, 0.29) is 19.0 Å². The normalized spacial score (nSPS) is 13.6. The zero-order chi connectivity index (χ0) is 13.8. The molecule has 4 nitrogen and oxygen atoms in total. The van der Waals surface area contributed by atoms with E-state index in [4.69, 9.17) is 14.8 Å². The van der Waals surface area contributed by atoms with Gasteiger partial charge in [0, 0.05) is 0 Å². The maximum atomic E-state index is 13.0. The number of aryl methyl sites for hydroxylation is 1. The SMILES string of the molecule is CCOP(=O)(OCC)[C@@H](N)c1ccc(F)cc1C. The molecule has 0 spiro atoms. The minimum atomic E-state index is -3.42. The molecule has 0 heterocycles. The minimum absolute atomic E-state index is 0.241. The molecule has 1 aromatic carbocycles. The molecule has 0 aliphatic rings. The predicted octanol–water partition coefficient (Wildman–Crippen LogP) is 3.36. The zero-order valence-corrected chi connectivity index (χ0v) is 11.7. The topological polar surface area (TPSA) is 61.5 Å². The van der Waals surface area contributed by atoms with Crippen molar-refractivity contribution < 1.29 is 18.0 Å². The van der Waals surface area contributed by atoms with Crippen LogP contribution in [-0.2, 0) is 13.6 Å². The molecule has 0 aromatic heterocycles. The molecule has 1 rings (SSSR count). The Bertz CT molecular complexity index is 443. The van der Waals surface area contributed by atoms with Gasteiger partial charge in [0.15, 0.2) is 0 Å². The number of nitrogens with two attached hydrogens (primary N) is 1. The summed E-state index contributed by atoms with van der Waals surface area (Å²) in [5.41, 5.74) is 7.16. The number of halogens is 1. The fraction of sp³-hybridized carbons (Fsp3) is 0.500. The Morgan fingerprint density at radius 1 is 1.33 bits per heavy atom. The molecule has 0 aliphatic carbocycles. The number of hydrogen-bond donors (Lipinski definition) is 1. The van der Waals surface area contributed by atoms with Crippen molar-refractivity contribution in [3.05, 3.63) is 35.1 Å². The summed E-state index contributed by atoms with van der Waals surface area (Å²) in [6.07, 6.45) is 0. The Morgan fingerprint density at radius 3 is 2.33 bits per heavy atom. The first kappa shape index (κ1) is 15.3. The molecular formula is C12H19FNO3P. The first-order chi connectivity index (χ1) is 8.44. The monoisotopic (exact) mass is 275 g/mol. The van der Waals surface area contributed by atoms with Gasteiger partial charge in [-0.3, -0.25) is 4.57 Å². The number of benzene rings is 1. The van der Waals surface area contributed by atoms with Crippen LogP contribution in [-0.4, -0.2) is 13.2 Å². The van der Waals surface area contributed by atoms with Crippen molar-refractivity contribution in [2.45, 2.75) is 26.6 Å². The molecule has 1 atom stereocenters. The van der Waals surface area contributed by atoms with Gasteiger partial charge in [0.2, 0.25) is 0 Å². The quantitative estimate of drug-likeness (QED) is 0.809. The van der Waals surface area contributed by atoms with Crippen LogP contribution in [0.1, 0.15) is 30.8 Å². The molecule has 0 saturated heterocycles. The summed E-state index contributed by atoms with van der Waals surface area (Å²) in [5.74, 6) is -1.26. The van der Waals surface area contributed by atoms with Gasteiger partial charge in [-0.05, 0) is 44.0 Å². The van der Waals surface area contributed by atoms with Crippen LogP contribution < -0.4 is 5.73 Å². The van der Waals surface area contributed by atoms with Crippen molar-refractivity contribution in [1.29, 1.82) is 0 Å². The largest absolute Gasteiger partial charge is 0.351 e. The Balaban J connectivity index is 3.09. The molecule has 0 radical (unpaired) electrons. The van der Waals surface area contributed by atoms with Gasteiger partial charge in [-0.1, -0.05) is 6.07 Å². The Labute approximate surface area is 107 Å². The molecule has 0 unspecified atom stereocenters. The van der Waals surface area contributed by atoms with Gasteiger partial charge < -0.3 is 14.8 Å². The molecule has 0 saturated carbocycles. The second-order valence-electron chi connectivity index (χ2n) is 3.82. The maximum Gasteiger partial charge on any atom is 0.351 e.